The van der Waals surface area contributed by atoms with E-state index >= 15 is 0 Å². The third-order valence-electron chi connectivity index (χ3n) is 5.12. The lowest BCUT2D eigenvalue weighted by Crippen LogP contribution is -2.14. The lowest BCUT2D eigenvalue weighted by molar-refractivity contribution is -0.115. The number of anilines is 2. The quantitative estimate of drug-likeness (QED) is 0.302. The Kier molecular flexibility index (Phi) is 6.45. The molecule has 2 aromatic carbocycles. The number of nitrogens with zero attached hydrogens (tertiary/aromatic N) is 2. The molecule has 0 aliphatic heterocycles. The Balaban J connectivity index is 1.41. The SMILES string of the molecule is O=C(Cc1cccs1)Nc1ccc(-c2oc(-c3ccccc3)nc2C(=O)Nc2ccccn2)cc1. The molecule has 0 aliphatic carbocycles. The summed E-state index contributed by atoms with van der Waals surface area (Å²) in [6, 6.07) is 25.6. The van der Waals surface area contributed by atoms with Gasteiger partial charge in [0.05, 0.1) is 6.42 Å². The van der Waals surface area contributed by atoms with Crippen molar-refractivity contribution in [2.75, 3.05) is 10.6 Å². The van der Waals surface area contributed by atoms with E-state index < -0.39 is 5.91 Å². The van der Waals surface area contributed by atoms with Gasteiger partial charge in [-0.15, -0.1) is 11.3 Å². The fourth-order valence-electron chi connectivity index (χ4n) is 3.47. The molecule has 2 amide bonds. The van der Waals surface area contributed by atoms with E-state index in [1.165, 1.54) is 0 Å². The number of benzene rings is 2. The monoisotopic (exact) mass is 480 g/mol. The number of hydrogen-bond donors (Lipinski definition) is 2. The van der Waals surface area contributed by atoms with E-state index in [4.69, 9.17) is 4.42 Å². The zero-order valence-corrected chi connectivity index (χ0v) is 19.3. The molecule has 35 heavy (non-hydrogen) atoms. The van der Waals surface area contributed by atoms with Crippen LogP contribution in [0.25, 0.3) is 22.8 Å². The third-order valence-corrected chi connectivity index (χ3v) is 5.99. The maximum absolute atomic E-state index is 13.1. The molecule has 3 heterocycles. The average Bonchev–Trinajstić information content (AvgIpc) is 3.56. The van der Waals surface area contributed by atoms with E-state index in [0.717, 1.165) is 10.4 Å². The molecule has 0 saturated heterocycles. The smallest absolute Gasteiger partial charge is 0.279 e. The van der Waals surface area contributed by atoms with Crippen LogP contribution in [-0.2, 0) is 11.2 Å². The van der Waals surface area contributed by atoms with Crippen LogP contribution in [0.5, 0.6) is 0 Å². The largest absolute Gasteiger partial charge is 0.435 e. The molecule has 2 N–H and O–H groups in total. The van der Waals surface area contributed by atoms with Gasteiger partial charge in [-0.2, -0.15) is 0 Å². The molecule has 0 unspecified atom stereocenters. The minimum absolute atomic E-state index is 0.0957. The molecule has 0 aliphatic rings. The lowest BCUT2D eigenvalue weighted by atomic mass is 10.1. The highest BCUT2D eigenvalue weighted by atomic mass is 32.1. The summed E-state index contributed by atoms with van der Waals surface area (Å²) in [6.07, 6.45) is 1.92. The molecule has 0 radical (unpaired) electrons. The maximum atomic E-state index is 13.1. The fourth-order valence-corrected chi connectivity index (χ4v) is 4.17. The Morgan fingerprint density at radius 3 is 2.34 bits per heavy atom. The van der Waals surface area contributed by atoms with Crippen molar-refractivity contribution in [3.8, 4) is 22.8 Å². The van der Waals surface area contributed by atoms with Crippen LogP contribution in [-0.4, -0.2) is 21.8 Å². The van der Waals surface area contributed by atoms with Crippen LogP contribution in [0.2, 0.25) is 0 Å². The normalized spacial score (nSPS) is 10.6. The van der Waals surface area contributed by atoms with Crippen molar-refractivity contribution in [3.05, 3.63) is 107 Å². The van der Waals surface area contributed by atoms with Crippen LogP contribution in [0, 0.1) is 0 Å². The molecular formula is C27H20N4O3S. The number of carbonyl (C=O) groups is 2. The number of rotatable bonds is 7. The average molecular weight is 481 g/mol. The molecule has 0 bridgehead atoms. The van der Waals surface area contributed by atoms with Gasteiger partial charge < -0.3 is 15.1 Å². The van der Waals surface area contributed by atoms with Gasteiger partial charge in [0.25, 0.3) is 5.91 Å². The molecule has 8 heteroatoms. The van der Waals surface area contributed by atoms with E-state index in [9.17, 15) is 9.59 Å². The summed E-state index contributed by atoms with van der Waals surface area (Å²) in [5, 5.41) is 7.60. The first kappa shape index (κ1) is 22.2. The van der Waals surface area contributed by atoms with Gasteiger partial charge in [0, 0.05) is 27.9 Å². The van der Waals surface area contributed by atoms with Gasteiger partial charge in [-0.3, -0.25) is 9.59 Å². The molecule has 0 spiro atoms. The van der Waals surface area contributed by atoms with E-state index in [1.54, 1.807) is 60.0 Å². The summed E-state index contributed by atoms with van der Waals surface area (Å²) < 4.78 is 6.06. The molecule has 3 aromatic heterocycles. The molecule has 0 saturated carbocycles. The summed E-state index contributed by atoms with van der Waals surface area (Å²) in [4.78, 5) is 35.0. The summed E-state index contributed by atoms with van der Waals surface area (Å²) in [5.74, 6) is 0.546. The van der Waals surface area contributed by atoms with Gasteiger partial charge in [-0.1, -0.05) is 30.3 Å². The number of pyridine rings is 1. The van der Waals surface area contributed by atoms with Gasteiger partial charge in [-0.05, 0) is 60.0 Å². The van der Waals surface area contributed by atoms with Gasteiger partial charge in [0.1, 0.15) is 5.82 Å². The summed E-state index contributed by atoms with van der Waals surface area (Å²) in [5.41, 5.74) is 2.20. The van der Waals surface area contributed by atoms with Crippen LogP contribution in [0.1, 0.15) is 15.4 Å². The van der Waals surface area contributed by atoms with Crippen LogP contribution in [0.15, 0.2) is 101 Å². The molecule has 0 fully saturated rings. The molecule has 0 atom stereocenters. The zero-order valence-electron chi connectivity index (χ0n) is 18.5. The molecular weight excluding hydrogens is 460 g/mol. The number of hydrogen-bond acceptors (Lipinski definition) is 6. The number of thiophene rings is 1. The third kappa shape index (κ3) is 5.34. The van der Waals surface area contributed by atoms with E-state index in [1.807, 2.05) is 47.8 Å². The molecule has 5 aromatic rings. The highest BCUT2D eigenvalue weighted by Gasteiger charge is 2.23. The van der Waals surface area contributed by atoms with Gasteiger partial charge in [0.2, 0.25) is 11.8 Å². The standard InChI is InChI=1S/C27H20N4O3S/c32-23(17-21-9-6-16-35-21)29-20-13-11-18(12-14-20)25-24(26(33)30-22-10-4-5-15-28-22)31-27(34-25)19-7-2-1-3-8-19/h1-16H,17H2,(H,29,32)(H,28,30,33). The van der Waals surface area contributed by atoms with Gasteiger partial charge in [-0.25, -0.2) is 9.97 Å². The Morgan fingerprint density at radius 2 is 1.63 bits per heavy atom. The van der Waals surface area contributed by atoms with Crippen LogP contribution >= 0.6 is 11.3 Å². The highest BCUT2D eigenvalue weighted by Crippen LogP contribution is 2.31. The minimum atomic E-state index is -0.432. The van der Waals surface area contributed by atoms with Gasteiger partial charge in [0.15, 0.2) is 11.5 Å². The highest BCUT2D eigenvalue weighted by molar-refractivity contribution is 7.10. The van der Waals surface area contributed by atoms with Crippen molar-refractivity contribution in [1.82, 2.24) is 9.97 Å². The van der Waals surface area contributed by atoms with Crippen molar-refractivity contribution in [3.63, 3.8) is 0 Å². The van der Waals surface area contributed by atoms with E-state index in [0.29, 0.717) is 35.1 Å². The summed E-state index contributed by atoms with van der Waals surface area (Å²) >= 11 is 1.54. The lowest BCUT2D eigenvalue weighted by Gasteiger charge is -2.06. The van der Waals surface area contributed by atoms with E-state index in [2.05, 4.69) is 20.6 Å². The predicted molar refractivity (Wildman–Crippen MR) is 136 cm³/mol. The summed E-state index contributed by atoms with van der Waals surface area (Å²) in [6.45, 7) is 0. The second-order valence-corrected chi connectivity index (χ2v) is 8.65. The number of nitrogens with one attached hydrogen (secondary N) is 2. The topological polar surface area (TPSA) is 97.1 Å². The Bertz CT molecular complexity index is 1430. The minimum Gasteiger partial charge on any atom is -0.435 e. The Morgan fingerprint density at radius 1 is 0.829 bits per heavy atom. The Hall–Kier alpha value is -4.56. The first-order valence-corrected chi connectivity index (χ1v) is 11.7. The number of carbonyl (C=O) groups excluding carboxylic acids is 2. The Labute approximate surface area is 205 Å². The second kappa shape index (κ2) is 10.1. The molecule has 7 nitrogen and oxygen atoms in total. The predicted octanol–water partition coefficient (Wildman–Crippen LogP) is 5.90. The van der Waals surface area contributed by atoms with Crippen molar-refractivity contribution in [2.45, 2.75) is 6.42 Å². The number of aromatic nitrogens is 2. The fraction of sp³-hybridized carbons (Fsp3) is 0.0370. The van der Waals surface area contributed by atoms with Crippen molar-refractivity contribution < 1.29 is 14.0 Å². The van der Waals surface area contributed by atoms with E-state index in [-0.39, 0.29) is 11.6 Å². The number of oxazole rings is 1. The summed E-state index contributed by atoms with van der Waals surface area (Å²) in [7, 11) is 0. The first-order valence-electron chi connectivity index (χ1n) is 10.9. The number of amides is 2. The first-order chi connectivity index (χ1) is 17.2. The van der Waals surface area contributed by atoms with Crippen LogP contribution in [0.4, 0.5) is 11.5 Å². The van der Waals surface area contributed by atoms with Crippen molar-refractivity contribution in [1.29, 1.82) is 0 Å². The van der Waals surface area contributed by atoms with Crippen LogP contribution in [0.3, 0.4) is 0 Å². The van der Waals surface area contributed by atoms with Crippen molar-refractivity contribution >= 4 is 34.7 Å². The second-order valence-electron chi connectivity index (χ2n) is 7.61. The molecule has 172 valence electrons. The van der Waals surface area contributed by atoms with Gasteiger partial charge >= 0.3 is 0 Å². The maximum Gasteiger partial charge on any atom is 0.279 e. The van der Waals surface area contributed by atoms with Crippen LogP contribution < -0.4 is 10.6 Å². The van der Waals surface area contributed by atoms with Crippen molar-refractivity contribution in [2.24, 2.45) is 0 Å². The molecule has 5 rings (SSSR count). The zero-order chi connectivity index (χ0) is 24.0.